The first-order chi connectivity index (χ1) is 12.2. The minimum Gasteiger partial charge on any atom is -0.496 e. The monoisotopic (exact) mass is 400 g/mol. The molecule has 3 rings (SSSR count). The summed E-state index contributed by atoms with van der Waals surface area (Å²) in [6, 6.07) is 12.5. The molecule has 3 heteroatoms. The Balaban J connectivity index is 1.91. The zero-order valence-corrected chi connectivity index (χ0v) is 16.5. The van der Waals surface area contributed by atoms with Crippen molar-refractivity contribution in [1.82, 2.24) is 0 Å². The molecule has 0 amide bonds. The van der Waals surface area contributed by atoms with E-state index in [0.29, 0.717) is 5.92 Å². The standard InChI is InChI=1S/C22H25BrO2/c1-24-20-14-17(9-8-16-10-12-19(23)13-11-16)15-21(25-2)22(20)18-6-4-3-5-7-18/h8-15,18H,3-7H2,1-2H3. The number of hydrogen-bond donors (Lipinski definition) is 0. The highest BCUT2D eigenvalue weighted by Crippen LogP contribution is 2.43. The van der Waals surface area contributed by atoms with Crippen LogP contribution in [0, 0.1) is 0 Å². The van der Waals surface area contributed by atoms with Gasteiger partial charge < -0.3 is 9.47 Å². The Morgan fingerprint density at radius 1 is 0.840 bits per heavy atom. The quantitative estimate of drug-likeness (QED) is 0.520. The van der Waals surface area contributed by atoms with Crippen LogP contribution in [0.15, 0.2) is 40.9 Å². The molecule has 0 saturated heterocycles. The molecule has 1 fully saturated rings. The van der Waals surface area contributed by atoms with Crippen LogP contribution in [0.1, 0.15) is 54.7 Å². The Labute approximate surface area is 159 Å². The second kappa shape index (κ2) is 8.57. The third kappa shape index (κ3) is 4.46. The maximum Gasteiger partial charge on any atom is 0.126 e. The first kappa shape index (κ1) is 18.1. The lowest BCUT2D eigenvalue weighted by Crippen LogP contribution is -2.08. The smallest absolute Gasteiger partial charge is 0.126 e. The molecule has 0 N–H and O–H groups in total. The molecular formula is C22H25BrO2. The third-order valence-electron chi connectivity index (χ3n) is 4.92. The number of rotatable bonds is 5. The van der Waals surface area contributed by atoms with Crippen molar-refractivity contribution in [2.24, 2.45) is 0 Å². The fourth-order valence-corrected chi connectivity index (χ4v) is 3.88. The molecule has 1 aliphatic rings. The molecule has 132 valence electrons. The first-order valence-corrected chi connectivity index (χ1v) is 9.70. The Morgan fingerprint density at radius 2 is 1.40 bits per heavy atom. The van der Waals surface area contributed by atoms with E-state index in [1.807, 2.05) is 12.1 Å². The summed E-state index contributed by atoms with van der Waals surface area (Å²) >= 11 is 3.47. The summed E-state index contributed by atoms with van der Waals surface area (Å²) in [6.45, 7) is 0. The van der Waals surface area contributed by atoms with Crippen LogP contribution in [0.3, 0.4) is 0 Å². The Bertz CT molecular complexity index is 703. The summed E-state index contributed by atoms with van der Waals surface area (Å²) in [5, 5.41) is 0. The summed E-state index contributed by atoms with van der Waals surface area (Å²) in [5.74, 6) is 2.44. The van der Waals surface area contributed by atoms with Gasteiger partial charge in [-0.25, -0.2) is 0 Å². The van der Waals surface area contributed by atoms with Crippen LogP contribution in [0.2, 0.25) is 0 Å². The molecule has 2 aromatic carbocycles. The van der Waals surface area contributed by atoms with Gasteiger partial charge in [0, 0.05) is 10.0 Å². The molecule has 0 heterocycles. The molecule has 0 aromatic heterocycles. The predicted molar refractivity (Wildman–Crippen MR) is 108 cm³/mol. The summed E-state index contributed by atoms with van der Waals surface area (Å²) < 4.78 is 12.5. The van der Waals surface area contributed by atoms with Gasteiger partial charge in [0.2, 0.25) is 0 Å². The normalized spacial score (nSPS) is 15.5. The number of hydrogen-bond acceptors (Lipinski definition) is 2. The van der Waals surface area contributed by atoms with Gasteiger partial charge in [-0.2, -0.15) is 0 Å². The van der Waals surface area contributed by atoms with E-state index in [2.05, 4.69) is 52.3 Å². The van der Waals surface area contributed by atoms with E-state index in [9.17, 15) is 0 Å². The SMILES string of the molecule is COc1cc(C=Cc2ccc(Br)cc2)cc(OC)c1C1CCCCC1. The minimum atomic E-state index is 0.545. The van der Waals surface area contributed by atoms with Crippen molar-refractivity contribution in [3.8, 4) is 11.5 Å². The highest BCUT2D eigenvalue weighted by Gasteiger charge is 2.23. The fraction of sp³-hybridized carbons (Fsp3) is 0.364. The topological polar surface area (TPSA) is 18.5 Å². The maximum atomic E-state index is 5.73. The molecule has 0 aliphatic heterocycles. The zero-order valence-electron chi connectivity index (χ0n) is 14.9. The molecule has 0 bridgehead atoms. The molecule has 1 aliphatic carbocycles. The molecule has 0 radical (unpaired) electrons. The van der Waals surface area contributed by atoms with E-state index in [0.717, 1.165) is 27.1 Å². The van der Waals surface area contributed by atoms with Crippen LogP contribution in [0.4, 0.5) is 0 Å². The number of halogens is 1. The molecule has 2 aromatic rings. The molecule has 0 unspecified atom stereocenters. The first-order valence-electron chi connectivity index (χ1n) is 8.91. The van der Waals surface area contributed by atoms with Crippen LogP contribution in [0.5, 0.6) is 11.5 Å². The summed E-state index contributed by atoms with van der Waals surface area (Å²) in [6.07, 6.45) is 10.6. The highest BCUT2D eigenvalue weighted by molar-refractivity contribution is 9.10. The number of ether oxygens (including phenoxy) is 2. The van der Waals surface area contributed by atoms with Gasteiger partial charge >= 0.3 is 0 Å². The van der Waals surface area contributed by atoms with E-state index < -0.39 is 0 Å². The van der Waals surface area contributed by atoms with E-state index in [1.165, 1.54) is 37.7 Å². The molecular weight excluding hydrogens is 376 g/mol. The predicted octanol–water partition coefficient (Wildman–Crippen LogP) is 6.68. The molecule has 25 heavy (non-hydrogen) atoms. The van der Waals surface area contributed by atoms with Crippen molar-refractivity contribution in [1.29, 1.82) is 0 Å². The second-order valence-electron chi connectivity index (χ2n) is 6.56. The van der Waals surface area contributed by atoms with Gasteiger partial charge in [-0.3, -0.25) is 0 Å². The van der Waals surface area contributed by atoms with Crippen LogP contribution >= 0.6 is 15.9 Å². The summed E-state index contributed by atoms with van der Waals surface area (Å²) in [4.78, 5) is 0. The third-order valence-corrected chi connectivity index (χ3v) is 5.45. The Hall–Kier alpha value is -1.74. The molecule has 1 saturated carbocycles. The summed E-state index contributed by atoms with van der Waals surface area (Å²) in [7, 11) is 3.51. The number of benzene rings is 2. The van der Waals surface area contributed by atoms with Gasteiger partial charge in [0.25, 0.3) is 0 Å². The Morgan fingerprint density at radius 3 is 1.96 bits per heavy atom. The van der Waals surface area contributed by atoms with Crippen LogP contribution in [-0.2, 0) is 0 Å². The van der Waals surface area contributed by atoms with Crippen molar-refractivity contribution < 1.29 is 9.47 Å². The van der Waals surface area contributed by atoms with Crippen molar-refractivity contribution in [3.05, 3.63) is 57.6 Å². The van der Waals surface area contributed by atoms with Gasteiger partial charge in [0.05, 0.1) is 14.2 Å². The maximum absolute atomic E-state index is 5.73. The van der Waals surface area contributed by atoms with Crippen molar-refractivity contribution in [2.45, 2.75) is 38.0 Å². The lowest BCUT2D eigenvalue weighted by atomic mass is 9.82. The van der Waals surface area contributed by atoms with E-state index >= 15 is 0 Å². The molecule has 0 atom stereocenters. The van der Waals surface area contributed by atoms with E-state index in [-0.39, 0.29) is 0 Å². The molecule has 2 nitrogen and oxygen atoms in total. The average molecular weight is 401 g/mol. The van der Waals surface area contributed by atoms with Gasteiger partial charge in [-0.1, -0.05) is 59.5 Å². The Kier molecular flexibility index (Phi) is 6.19. The minimum absolute atomic E-state index is 0.545. The van der Waals surface area contributed by atoms with Crippen LogP contribution in [-0.4, -0.2) is 14.2 Å². The number of methoxy groups -OCH3 is 2. The fourth-order valence-electron chi connectivity index (χ4n) is 3.62. The lowest BCUT2D eigenvalue weighted by molar-refractivity contribution is 0.359. The van der Waals surface area contributed by atoms with Gasteiger partial charge in [0.1, 0.15) is 11.5 Å². The zero-order chi connectivity index (χ0) is 17.6. The summed E-state index contributed by atoms with van der Waals surface area (Å²) in [5.41, 5.74) is 3.50. The second-order valence-corrected chi connectivity index (χ2v) is 7.47. The van der Waals surface area contributed by atoms with Crippen molar-refractivity contribution >= 4 is 28.1 Å². The van der Waals surface area contributed by atoms with Crippen LogP contribution in [0.25, 0.3) is 12.2 Å². The molecule has 0 spiro atoms. The van der Waals surface area contributed by atoms with E-state index in [1.54, 1.807) is 14.2 Å². The largest absolute Gasteiger partial charge is 0.496 e. The lowest BCUT2D eigenvalue weighted by Gasteiger charge is -2.26. The van der Waals surface area contributed by atoms with E-state index in [4.69, 9.17) is 9.47 Å². The van der Waals surface area contributed by atoms with Crippen LogP contribution < -0.4 is 9.47 Å². The van der Waals surface area contributed by atoms with Gasteiger partial charge in [-0.15, -0.1) is 0 Å². The highest BCUT2D eigenvalue weighted by atomic mass is 79.9. The van der Waals surface area contributed by atoms with Gasteiger partial charge in [0.15, 0.2) is 0 Å². The van der Waals surface area contributed by atoms with Crippen molar-refractivity contribution in [2.75, 3.05) is 14.2 Å². The van der Waals surface area contributed by atoms with Crippen molar-refractivity contribution in [3.63, 3.8) is 0 Å². The average Bonchev–Trinajstić information content (AvgIpc) is 2.67. The van der Waals surface area contributed by atoms with Gasteiger partial charge in [-0.05, 0) is 54.2 Å².